The lowest BCUT2D eigenvalue weighted by Gasteiger charge is -2.11. The van der Waals surface area contributed by atoms with Crippen LogP contribution in [0.4, 0.5) is 11.4 Å². The minimum atomic E-state index is -3.78. The fourth-order valence-electron chi connectivity index (χ4n) is 2.75. The Morgan fingerprint density at radius 1 is 0.871 bits per heavy atom. The molecule has 0 bridgehead atoms. The van der Waals surface area contributed by atoms with E-state index in [2.05, 4.69) is 10.0 Å². The normalized spacial score (nSPS) is 11.1. The molecule has 2 N–H and O–H groups in total. The van der Waals surface area contributed by atoms with E-state index in [0.717, 1.165) is 16.7 Å². The van der Waals surface area contributed by atoms with Gasteiger partial charge in [-0.3, -0.25) is 9.52 Å². The Morgan fingerprint density at radius 3 is 2.16 bits per heavy atom. The molecule has 0 saturated carbocycles. The topological polar surface area (TPSA) is 84.5 Å². The molecule has 0 unspecified atom stereocenters. The van der Waals surface area contributed by atoms with E-state index in [0.29, 0.717) is 22.1 Å². The van der Waals surface area contributed by atoms with Gasteiger partial charge in [-0.05, 0) is 86.0 Å². The molecule has 0 radical (unpaired) electrons. The van der Waals surface area contributed by atoms with E-state index < -0.39 is 10.0 Å². The molecule has 8 heteroatoms. The molecule has 0 aliphatic heterocycles. The first-order valence-corrected chi connectivity index (χ1v) is 11.4. The van der Waals surface area contributed by atoms with Crippen LogP contribution in [-0.2, 0) is 14.8 Å². The minimum absolute atomic E-state index is 0.0659. The molecule has 0 aliphatic carbocycles. The van der Waals surface area contributed by atoms with Crippen molar-refractivity contribution in [2.24, 2.45) is 0 Å². The highest BCUT2D eigenvalue weighted by molar-refractivity contribution is 7.92. The molecule has 1 amide bonds. The van der Waals surface area contributed by atoms with Gasteiger partial charge in [0.15, 0.2) is 6.61 Å². The Kier molecular flexibility index (Phi) is 6.87. The Morgan fingerprint density at radius 2 is 1.52 bits per heavy atom. The average molecular weight is 459 g/mol. The first kappa shape index (κ1) is 22.7. The average Bonchev–Trinajstić information content (AvgIpc) is 2.72. The van der Waals surface area contributed by atoms with Crippen molar-refractivity contribution in [3.8, 4) is 5.75 Å². The maximum atomic E-state index is 12.6. The summed E-state index contributed by atoms with van der Waals surface area (Å²) in [6.45, 7) is 5.61. The summed E-state index contributed by atoms with van der Waals surface area (Å²) in [5.74, 6) is 0.0745. The molecule has 6 nitrogen and oxygen atoms in total. The van der Waals surface area contributed by atoms with Crippen LogP contribution in [0.25, 0.3) is 0 Å². The first-order chi connectivity index (χ1) is 14.6. The zero-order valence-electron chi connectivity index (χ0n) is 17.4. The van der Waals surface area contributed by atoms with E-state index in [-0.39, 0.29) is 17.4 Å². The van der Waals surface area contributed by atoms with Gasteiger partial charge in [0.25, 0.3) is 15.9 Å². The predicted molar refractivity (Wildman–Crippen MR) is 123 cm³/mol. The highest BCUT2D eigenvalue weighted by Crippen LogP contribution is 2.23. The summed E-state index contributed by atoms with van der Waals surface area (Å²) in [7, 11) is -3.78. The van der Waals surface area contributed by atoms with E-state index in [9.17, 15) is 13.2 Å². The van der Waals surface area contributed by atoms with Gasteiger partial charge in [0, 0.05) is 10.7 Å². The number of ether oxygens (including phenoxy) is 1. The molecular formula is C23H23ClN2O4S. The van der Waals surface area contributed by atoms with Crippen molar-refractivity contribution < 1.29 is 17.9 Å². The van der Waals surface area contributed by atoms with Gasteiger partial charge in [-0.25, -0.2) is 8.42 Å². The maximum absolute atomic E-state index is 12.6. The summed E-state index contributed by atoms with van der Waals surface area (Å²) in [6.07, 6.45) is 0. The number of carbonyl (C=O) groups excluding carboxylic acids is 1. The summed E-state index contributed by atoms with van der Waals surface area (Å²) >= 11 is 6.05. The highest BCUT2D eigenvalue weighted by atomic mass is 35.5. The van der Waals surface area contributed by atoms with Gasteiger partial charge in [0.1, 0.15) is 5.75 Å². The van der Waals surface area contributed by atoms with Crippen LogP contribution in [0.15, 0.2) is 65.6 Å². The summed E-state index contributed by atoms with van der Waals surface area (Å²) in [5.41, 5.74) is 4.15. The number of carbonyl (C=O) groups is 1. The molecule has 31 heavy (non-hydrogen) atoms. The lowest BCUT2D eigenvalue weighted by Crippen LogP contribution is -2.20. The lowest BCUT2D eigenvalue weighted by atomic mass is 10.1. The van der Waals surface area contributed by atoms with E-state index in [1.807, 2.05) is 39.0 Å². The first-order valence-electron chi connectivity index (χ1n) is 9.53. The van der Waals surface area contributed by atoms with Crippen LogP contribution in [0.1, 0.15) is 16.7 Å². The number of anilines is 2. The molecule has 3 aromatic rings. The molecular weight excluding hydrogens is 436 g/mol. The van der Waals surface area contributed by atoms with Crippen LogP contribution in [0.3, 0.4) is 0 Å². The fourth-order valence-corrected chi connectivity index (χ4v) is 3.98. The van der Waals surface area contributed by atoms with Gasteiger partial charge in [-0.2, -0.15) is 0 Å². The second-order valence-electron chi connectivity index (χ2n) is 7.18. The monoisotopic (exact) mass is 458 g/mol. The van der Waals surface area contributed by atoms with Gasteiger partial charge < -0.3 is 10.1 Å². The smallest absolute Gasteiger partial charge is 0.262 e. The Hall–Kier alpha value is -3.03. The van der Waals surface area contributed by atoms with Crippen molar-refractivity contribution >= 4 is 38.9 Å². The largest absolute Gasteiger partial charge is 0.484 e. The number of hydrogen-bond donors (Lipinski definition) is 2. The Labute approximate surface area is 187 Å². The number of benzene rings is 3. The van der Waals surface area contributed by atoms with E-state index in [1.165, 1.54) is 24.3 Å². The fraction of sp³-hybridized carbons (Fsp3) is 0.174. The van der Waals surface area contributed by atoms with Gasteiger partial charge in [0.05, 0.1) is 10.6 Å². The Balaban J connectivity index is 1.59. The molecule has 0 aliphatic rings. The van der Waals surface area contributed by atoms with Crippen LogP contribution < -0.4 is 14.8 Å². The van der Waals surface area contributed by atoms with Crippen molar-refractivity contribution in [2.45, 2.75) is 25.7 Å². The zero-order chi connectivity index (χ0) is 22.6. The predicted octanol–water partition coefficient (Wildman–Crippen LogP) is 5.08. The van der Waals surface area contributed by atoms with Crippen molar-refractivity contribution in [3.63, 3.8) is 0 Å². The molecule has 0 spiro atoms. The van der Waals surface area contributed by atoms with Gasteiger partial charge in [-0.15, -0.1) is 0 Å². The minimum Gasteiger partial charge on any atom is -0.484 e. The third kappa shape index (κ3) is 5.99. The second kappa shape index (κ2) is 9.41. The quantitative estimate of drug-likeness (QED) is 0.516. The number of amides is 1. The number of aryl methyl sites for hydroxylation is 3. The van der Waals surface area contributed by atoms with E-state index in [4.69, 9.17) is 16.3 Å². The van der Waals surface area contributed by atoms with Crippen molar-refractivity contribution in [1.29, 1.82) is 0 Å². The van der Waals surface area contributed by atoms with Crippen LogP contribution >= 0.6 is 11.6 Å². The van der Waals surface area contributed by atoms with Crippen molar-refractivity contribution in [1.82, 2.24) is 0 Å². The highest BCUT2D eigenvalue weighted by Gasteiger charge is 2.15. The summed E-state index contributed by atoms with van der Waals surface area (Å²) in [4.78, 5) is 12.2. The molecule has 0 fully saturated rings. The maximum Gasteiger partial charge on any atom is 0.262 e. The Bertz CT molecular complexity index is 1210. The number of hydrogen-bond acceptors (Lipinski definition) is 4. The lowest BCUT2D eigenvalue weighted by molar-refractivity contribution is -0.118. The third-order valence-electron chi connectivity index (χ3n) is 4.72. The third-order valence-corrected chi connectivity index (χ3v) is 6.52. The zero-order valence-corrected chi connectivity index (χ0v) is 19.0. The van der Waals surface area contributed by atoms with Crippen molar-refractivity contribution in [2.75, 3.05) is 16.6 Å². The molecule has 0 atom stereocenters. The standard InChI is InChI=1S/C23H23ClN2O4S/c1-15-4-6-18(12-17(15)3)25-23(27)14-30-20-8-10-21(11-9-20)31(28,29)26-19-7-5-16(2)22(24)13-19/h4-13,26H,14H2,1-3H3,(H,25,27). The van der Waals surface area contributed by atoms with Crippen LogP contribution in [0, 0.1) is 20.8 Å². The van der Waals surface area contributed by atoms with Crippen LogP contribution in [0.5, 0.6) is 5.75 Å². The second-order valence-corrected chi connectivity index (χ2v) is 9.27. The van der Waals surface area contributed by atoms with Crippen LogP contribution in [0.2, 0.25) is 5.02 Å². The molecule has 162 valence electrons. The number of sulfonamides is 1. The van der Waals surface area contributed by atoms with Gasteiger partial charge >= 0.3 is 0 Å². The van der Waals surface area contributed by atoms with E-state index >= 15 is 0 Å². The molecule has 0 heterocycles. The number of nitrogens with one attached hydrogen (secondary N) is 2. The van der Waals surface area contributed by atoms with Gasteiger partial charge in [-0.1, -0.05) is 23.7 Å². The van der Waals surface area contributed by atoms with Gasteiger partial charge in [0.2, 0.25) is 0 Å². The van der Waals surface area contributed by atoms with Crippen LogP contribution in [-0.4, -0.2) is 20.9 Å². The number of halogens is 1. The molecule has 0 saturated heterocycles. The molecule has 3 aromatic carbocycles. The molecule has 3 rings (SSSR count). The summed E-state index contributed by atoms with van der Waals surface area (Å²) < 4.78 is 33.1. The SMILES string of the molecule is Cc1ccc(NC(=O)COc2ccc(S(=O)(=O)Nc3ccc(C)c(Cl)c3)cc2)cc1C. The number of rotatable bonds is 7. The van der Waals surface area contributed by atoms with Crippen molar-refractivity contribution in [3.05, 3.63) is 82.4 Å². The summed E-state index contributed by atoms with van der Waals surface area (Å²) in [6, 6.07) is 16.4. The summed E-state index contributed by atoms with van der Waals surface area (Å²) in [5, 5.41) is 3.25. The molecule has 0 aromatic heterocycles. The van der Waals surface area contributed by atoms with E-state index in [1.54, 1.807) is 18.2 Å².